The zero-order valence-electron chi connectivity index (χ0n) is 12.4. The van der Waals surface area contributed by atoms with Crippen LogP contribution < -0.4 is 0 Å². The lowest BCUT2D eigenvalue weighted by Crippen LogP contribution is -2.03. The molecule has 7 nitrogen and oxygen atoms in total. The third-order valence-electron chi connectivity index (χ3n) is 3.12. The second-order valence-electron chi connectivity index (χ2n) is 4.59. The highest BCUT2D eigenvalue weighted by Gasteiger charge is 2.16. The lowest BCUT2D eigenvalue weighted by atomic mass is 10.2. The molecule has 1 heterocycles. The molecule has 0 atom stereocenters. The van der Waals surface area contributed by atoms with Crippen LogP contribution in [0.15, 0.2) is 28.3 Å². The molecule has 0 spiro atoms. The number of benzene rings is 1. The van der Waals surface area contributed by atoms with E-state index < -0.39 is 4.92 Å². The Kier molecular flexibility index (Phi) is 5.26. The van der Waals surface area contributed by atoms with Gasteiger partial charge in [0.05, 0.1) is 4.92 Å². The van der Waals surface area contributed by atoms with Crippen LogP contribution in [0.25, 0.3) is 0 Å². The van der Waals surface area contributed by atoms with Crippen LogP contribution in [0.3, 0.4) is 0 Å². The molecule has 0 fully saturated rings. The number of hydrogen-bond acceptors (Lipinski definition) is 6. The third kappa shape index (κ3) is 3.33. The topological polar surface area (TPSA) is 90.9 Å². The van der Waals surface area contributed by atoms with Crippen molar-refractivity contribution < 1.29 is 9.72 Å². The summed E-state index contributed by atoms with van der Waals surface area (Å²) in [6, 6.07) is 4.23. The van der Waals surface area contributed by atoms with Crippen LogP contribution in [0.5, 0.6) is 0 Å². The van der Waals surface area contributed by atoms with Crippen molar-refractivity contribution in [2.75, 3.05) is 0 Å². The summed E-state index contributed by atoms with van der Waals surface area (Å²) in [5.41, 5.74) is 0.178. The summed E-state index contributed by atoms with van der Waals surface area (Å²) in [6.07, 6.45) is 2.43. The highest BCUT2D eigenvalue weighted by atomic mass is 32.2. The molecule has 22 heavy (non-hydrogen) atoms. The van der Waals surface area contributed by atoms with Crippen LogP contribution >= 0.6 is 11.8 Å². The second-order valence-corrected chi connectivity index (χ2v) is 5.60. The summed E-state index contributed by atoms with van der Waals surface area (Å²) in [5, 5.41) is 19.8. The maximum atomic E-state index is 11.2. The molecule has 2 aromatic rings. The van der Waals surface area contributed by atoms with Crippen LogP contribution in [0.2, 0.25) is 0 Å². The first-order valence-corrected chi connectivity index (χ1v) is 7.75. The number of nitrogens with zero attached hydrogens (tertiary/aromatic N) is 4. The first-order valence-electron chi connectivity index (χ1n) is 6.94. The molecule has 0 aliphatic heterocycles. The van der Waals surface area contributed by atoms with Crippen molar-refractivity contribution in [3.05, 3.63) is 39.7 Å². The number of aldehydes is 1. The van der Waals surface area contributed by atoms with Crippen LogP contribution in [0.1, 0.15) is 36.5 Å². The molecule has 0 radical (unpaired) electrons. The lowest BCUT2D eigenvalue weighted by molar-refractivity contribution is -0.384. The van der Waals surface area contributed by atoms with Gasteiger partial charge in [-0.1, -0.05) is 6.92 Å². The monoisotopic (exact) mass is 320 g/mol. The van der Waals surface area contributed by atoms with Gasteiger partial charge in [-0.2, -0.15) is 0 Å². The van der Waals surface area contributed by atoms with E-state index in [0.29, 0.717) is 16.3 Å². The molecule has 0 saturated carbocycles. The fraction of sp³-hybridized carbons (Fsp3) is 0.357. The molecule has 0 unspecified atom stereocenters. The Morgan fingerprint density at radius 3 is 2.73 bits per heavy atom. The Hall–Kier alpha value is -2.22. The van der Waals surface area contributed by atoms with Crippen LogP contribution in [-0.4, -0.2) is 26.0 Å². The van der Waals surface area contributed by atoms with E-state index in [1.54, 1.807) is 6.07 Å². The zero-order chi connectivity index (χ0) is 16.1. The Labute approximate surface area is 131 Å². The molecule has 0 aliphatic rings. The minimum absolute atomic E-state index is 0.102. The van der Waals surface area contributed by atoms with Gasteiger partial charge >= 0.3 is 0 Å². The quantitative estimate of drug-likeness (QED) is 0.442. The molecule has 0 bridgehead atoms. The van der Waals surface area contributed by atoms with Crippen molar-refractivity contribution in [1.29, 1.82) is 0 Å². The van der Waals surface area contributed by atoms with Crippen molar-refractivity contribution in [3.63, 3.8) is 0 Å². The van der Waals surface area contributed by atoms with Crippen molar-refractivity contribution in [3.8, 4) is 0 Å². The highest BCUT2D eigenvalue weighted by molar-refractivity contribution is 7.99. The molecule has 0 N–H and O–H groups in total. The molecule has 1 aromatic heterocycles. The predicted molar refractivity (Wildman–Crippen MR) is 82.3 cm³/mol. The van der Waals surface area contributed by atoms with E-state index in [2.05, 4.69) is 17.1 Å². The minimum Gasteiger partial charge on any atom is -0.306 e. The molecule has 0 amide bonds. The van der Waals surface area contributed by atoms with Gasteiger partial charge in [-0.05, 0) is 31.2 Å². The third-order valence-corrected chi connectivity index (χ3v) is 4.19. The Bertz CT molecular complexity index is 699. The molecule has 8 heteroatoms. The van der Waals surface area contributed by atoms with Gasteiger partial charge in [0.25, 0.3) is 5.69 Å². The Balaban J connectivity index is 2.34. The average Bonchev–Trinajstić information content (AvgIpc) is 2.89. The van der Waals surface area contributed by atoms with Crippen LogP contribution in [-0.2, 0) is 13.0 Å². The van der Waals surface area contributed by atoms with Crippen LogP contribution in [0, 0.1) is 10.1 Å². The van der Waals surface area contributed by atoms with E-state index >= 15 is 0 Å². The summed E-state index contributed by atoms with van der Waals surface area (Å²) in [6.45, 7) is 4.81. The summed E-state index contributed by atoms with van der Waals surface area (Å²) >= 11 is 1.29. The number of non-ortho nitro benzene ring substituents is 1. The molecule has 2 rings (SSSR count). The SMILES string of the molecule is CCCc1nnc(Sc2ccc([N+](=O)[O-])cc2C=O)n1CC. The number of hydrogen-bond donors (Lipinski definition) is 0. The molecule has 0 saturated heterocycles. The molecular weight excluding hydrogens is 304 g/mol. The smallest absolute Gasteiger partial charge is 0.270 e. The first kappa shape index (κ1) is 16.2. The van der Waals surface area contributed by atoms with E-state index in [-0.39, 0.29) is 11.3 Å². The van der Waals surface area contributed by atoms with E-state index in [1.807, 2.05) is 11.5 Å². The van der Waals surface area contributed by atoms with Crippen molar-refractivity contribution in [2.24, 2.45) is 0 Å². The fourth-order valence-corrected chi connectivity index (χ4v) is 3.04. The maximum Gasteiger partial charge on any atom is 0.270 e. The summed E-state index contributed by atoms with van der Waals surface area (Å²) in [4.78, 5) is 22.1. The number of carbonyl (C=O) groups excluding carboxylic acids is 1. The Morgan fingerprint density at radius 1 is 1.36 bits per heavy atom. The number of aryl methyl sites for hydroxylation is 1. The van der Waals surface area contributed by atoms with Crippen molar-refractivity contribution in [2.45, 2.75) is 43.3 Å². The van der Waals surface area contributed by atoms with E-state index in [9.17, 15) is 14.9 Å². The average molecular weight is 320 g/mol. The number of carbonyl (C=O) groups is 1. The molecule has 1 aromatic carbocycles. The molecule has 0 aliphatic carbocycles. The first-order chi connectivity index (χ1) is 10.6. The lowest BCUT2D eigenvalue weighted by Gasteiger charge is -2.07. The molecular formula is C14H16N4O3S. The Morgan fingerprint density at radius 2 is 2.14 bits per heavy atom. The predicted octanol–water partition coefficient (Wildman–Crippen LogP) is 3.12. The van der Waals surface area contributed by atoms with Gasteiger partial charge in [-0.25, -0.2) is 0 Å². The zero-order valence-corrected chi connectivity index (χ0v) is 13.2. The van der Waals surface area contributed by atoms with Gasteiger partial charge < -0.3 is 4.57 Å². The van der Waals surface area contributed by atoms with Gasteiger partial charge in [-0.15, -0.1) is 10.2 Å². The second kappa shape index (κ2) is 7.17. The largest absolute Gasteiger partial charge is 0.306 e. The van der Waals surface area contributed by atoms with E-state index in [4.69, 9.17) is 0 Å². The minimum atomic E-state index is -0.519. The van der Waals surface area contributed by atoms with Gasteiger partial charge in [-0.3, -0.25) is 14.9 Å². The standard InChI is InChI=1S/C14H16N4O3S/c1-3-5-13-15-16-14(17(13)4-2)22-12-7-6-11(18(20)21)8-10(12)9-19/h6-9H,3-5H2,1-2H3. The van der Waals surface area contributed by atoms with E-state index in [0.717, 1.165) is 25.2 Å². The van der Waals surface area contributed by atoms with Gasteiger partial charge in [0.15, 0.2) is 11.4 Å². The number of aromatic nitrogens is 3. The van der Waals surface area contributed by atoms with Gasteiger partial charge in [0, 0.05) is 35.6 Å². The summed E-state index contributed by atoms with van der Waals surface area (Å²) in [5.74, 6) is 0.905. The van der Waals surface area contributed by atoms with E-state index in [1.165, 1.54) is 23.9 Å². The van der Waals surface area contributed by atoms with Gasteiger partial charge in [0.1, 0.15) is 5.82 Å². The van der Waals surface area contributed by atoms with Crippen molar-refractivity contribution in [1.82, 2.24) is 14.8 Å². The summed E-state index contributed by atoms with van der Waals surface area (Å²) in [7, 11) is 0. The van der Waals surface area contributed by atoms with Gasteiger partial charge in [0.2, 0.25) is 0 Å². The highest BCUT2D eigenvalue weighted by Crippen LogP contribution is 2.31. The van der Waals surface area contributed by atoms with Crippen LogP contribution in [0.4, 0.5) is 5.69 Å². The fourth-order valence-electron chi connectivity index (χ4n) is 2.05. The normalized spacial score (nSPS) is 10.6. The summed E-state index contributed by atoms with van der Waals surface area (Å²) < 4.78 is 1.99. The number of nitro benzene ring substituents is 1. The number of rotatable bonds is 7. The number of nitro groups is 1. The van der Waals surface area contributed by atoms with Crippen molar-refractivity contribution >= 4 is 23.7 Å². The maximum absolute atomic E-state index is 11.2. The molecule has 116 valence electrons.